The van der Waals surface area contributed by atoms with Gasteiger partial charge < -0.3 is 10.4 Å². The van der Waals surface area contributed by atoms with E-state index in [1.807, 2.05) is 13.0 Å². The van der Waals surface area contributed by atoms with Gasteiger partial charge in [0.15, 0.2) is 0 Å². The van der Waals surface area contributed by atoms with E-state index < -0.39 is 12.0 Å². The van der Waals surface area contributed by atoms with E-state index in [2.05, 4.69) is 5.32 Å². The Kier molecular flexibility index (Phi) is 7.13. The number of rotatable bonds is 4. The van der Waals surface area contributed by atoms with Crippen molar-refractivity contribution in [2.24, 2.45) is 0 Å². The second-order valence-corrected chi connectivity index (χ2v) is 5.76. The summed E-state index contributed by atoms with van der Waals surface area (Å²) in [5, 5.41) is 12.4. The first-order valence-corrected chi connectivity index (χ1v) is 7.38. The molecule has 1 unspecified atom stereocenters. The number of anilines is 1. The van der Waals surface area contributed by atoms with E-state index in [4.69, 9.17) is 11.6 Å². The number of carbonyl (C=O) groups excluding carboxylic acids is 1. The van der Waals surface area contributed by atoms with Gasteiger partial charge in [0.25, 0.3) is 0 Å². The van der Waals surface area contributed by atoms with Gasteiger partial charge in [-0.3, -0.25) is 14.5 Å². The quantitative estimate of drug-likeness (QED) is 0.879. The fourth-order valence-electron chi connectivity index (χ4n) is 2.56. The number of amides is 1. The molecule has 1 aliphatic heterocycles. The second-order valence-electron chi connectivity index (χ2n) is 5.35. The van der Waals surface area contributed by atoms with E-state index in [1.165, 1.54) is 0 Å². The molecule has 1 fully saturated rings. The predicted molar refractivity (Wildman–Crippen MR) is 88.9 cm³/mol. The number of carboxylic acids is 1. The molecule has 0 bridgehead atoms. The van der Waals surface area contributed by atoms with Gasteiger partial charge in [-0.1, -0.05) is 24.1 Å². The van der Waals surface area contributed by atoms with E-state index in [9.17, 15) is 14.7 Å². The number of halogens is 2. The van der Waals surface area contributed by atoms with Crippen molar-refractivity contribution in [2.75, 3.05) is 18.4 Å². The average molecular weight is 347 g/mol. The lowest BCUT2D eigenvalue weighted by atomic mass is 10.0. The van der Waals surface area contributed by atoms with Crippen LogP contribution in [0.25, 0.3) is 0 Å². The van der Waals surface area contributed by atoms with Crippen molar-refractivity contribution in [1.82, 2.24) is 4.90 Å². The molecule has 0 saturated carbocycles. The molecule has 0 radical (unpaired) electrons. The van der Waals surface area contributed by atoms with Gasteiger partial charge in [-0.05, 0) is 44.0 Å². The molecule has 0 aliphatic carbocycles. The van der Waals surface area contributed by atoms with Crippen LogP contribution in [0, 0.1) is 6.92 Å². The van der Waals surface area contributed by atoms with Crippen LogP contribution in [0.1, 0.15) is 24.8 Å². The molecule has 2 N–H and O–H groups in total. The van der Waals surface area contributed by atoms with Crippen LogP contribution in [0.3, 0.4) is 0 Å². The number of piperidine rings is 1. The summed E-state index contributed by atoms with van der Waals surface area (Å²) in [5.74, 6) is -1.11. The van der Waals surface area contributed by atoms with E-state index in [0.717, 1.165) is 18.4 Å². The Morgan fingerprint density at radius 3 is 2.77 bits per heavy atom. The standard InChI is InChI=1S/C15H19ClN2O3.ClH/c1-10-5-6-12(11(16)8-10)17-14(19)9-18-7-3-2-4-13(18)15(20)21;/h5-6,8,13H,2-4,7,9H2,1H3,(H,17,19)(H,20,21);1H. The van der Waals surface area contributed by atoms with Crippen LogP contribution in [-0.2, 0) is 9.59 Å². The fourth-order valence-corrected chi connectivity index (χ4v) is 2.84. The molecule has 1 aromatic carbocycles. The Balaban J connectivity index is 0.00000242. The Bertz CT molecular complexity index is 552. The van der Waals surface area contributed by atoms with Crippen molar-refractivity contribution in [2.45, 2.75) is 32.2 Å². The molecule has 1 aromatic rings. The van der Waals surface area contributed by atoms with Gasteiger partial charge in [0.1, 0.15) is 6.04 Å². The third kappa shape index (κ3) is 4.87. The maximum Gasteiger partial charge on any atom is 0.320 e. The number of nitrogens with one attached hydrogen (secondary N) is 1. The SMILES string of the molecule is Cc1ccc(NC(=O)CN2CCCCC2C(=O)O)c(Cl)c1.Cl. The van der Waals surface area contributed by atoms with Crippen LogP contribution in [0.2, 0.25) is 5.02 Å². The minimum absolute atomic E-state index is 0. The van der Waals surface area contributed by atoms with Crippen LogP contribution in [-0.4, -0.2) is 41.0 Å². The number of aliphatic carboxylic acids is 1. The zero-order chi connectivity index (χ0) is 15.4. The maximum atomic E-state index is 12.1. The normalized spacial score (nSPS) is 18.4. The second kappa shape index (κ2) is 8.36. The molecule has 2 rings (SSSR count). The lowest BCUT2D eigenvalue weighted by molar-refractivity contribution is -0.145. The van der Waals surface area contributed by atoms with Crippen LogP contribution in [0.15, 0.2) is 18.2 Å². The molecule has 0 aromatic heterocycles. The summed E-state index contributed by atoms with van der Waals surface area (Å²) in [6.07, 6.45) is 2.40. The summed E-state index contributed by atoms with van der Waals surface area (Å²) in [4.78, 5) is 25.0. The van der Waals surface area contributed by atoms with Crippen molar-refractivity contribution in [3.63, 3.8) is 0 Å². The smallest absolute Gasteiger partial charge is 0.320 e. The largest absolute Gasteiger partial charge is 0.480 e. The number of likely N-dealkylation sites (tertiary alicyclic amines) is 1. The molecular weight excluding hydrogens is 327 g/mol. The molecule has 5 nitrogen and oxygen atoms in total. The Morgan fingerprint density at radius 2 is 2.14 bits per heavy atom. The van der Waals surface area contributed by atoms with Gasteiger partial charge in [-0.15, -0.1) is 12.4 Å². The highest BCUT2D eigenvalue weighted by atomic mass is 35.5. The summed E-state index contributed by atoms with van der Waals surface area (Å²) >= 11 is 6.07. The van der Waals surface area contributed by atoms with E-state index in [1.54, 1.807) is 17.0 Å². The number of benzene rings is 1. The number of nitrogens with zero attached hydrogens (tertiary/aromatic N) is 1. The number of hydrogen-bond acceptors (Lipinski definition) is 3. The third-order valence-electron chi connectivity index (χ3n) is 3.64. The topological polar surface area (TPSA) is 69.6 Å². The van der Waals surface area contributed by atoms with Crippen molar-refractivity contribution in [3.05, 3.63) is 28.8 Å². The van der Waals surface area contributed by atoms with Gasteiger partial charge in [0.05, 0.1) is 17.3 Å². The summed E-state index contributed by atoms with van der Waals surface area (Å²) in [7, 11) is 0. The number of hydrogen-bond donors (Lipinski definition) is 2. The third-order valence-corrected chi connectivity index (χ3v) is 3.96. The van der Waals surface area contributed by atoms with Crippen LogP contribution < -0.4 is 5.32 Å². The van der Waals surface area contributed by atoms with Gasteiger partial charge >= 0.3 is 5.97 Å². The van der Waals surface area contributed by atoms with Crippen LogP contribution >= 0.6 is 24.0 Å². The van der Waals surface area contributed by atoms with E-state index in [-0.39, 0.29) is 24.9 Å². The molecule has 1 saturated heterocycles. The molecule has 1 atom stereocenters. The zero-order valence-electron chi connectivity index (χ0n) is 12.3. The van der Waals surface area contributed by atoms with Crippen LogP contribution in [0.5, 0.6) is 0 Å². The number of carbonyl (C=O) groups is 2. The maximum absolute atomic E-state index is 12.1. The molecule has 22 heavy (non-hydrogen) atoms. The Morgan fingerprint density at radius 1 is 1.41 bits per heavy atom. The molecule has 122 valence electrons. The van der Waals surface area contributed by atoms with E-state index >= 15 is 0 Å². The first-order valence-electron chi connectivity index (χ1n) is 7.00. The summed E-state index contributed by atoms with van der Waals surface area (Å²) in [6.45, 7) is 2.62. The monoisotopic (exact) mass is 346 g/mol. The summed E-state index contributed by atoms with van der Waals surface area (Å²) in [6, 6.07) is 4.82. The zero-order valence-corrected chi connectivity index (χ0v) is 13.9. The van der Waals surface area contributed by atoms with Gasteiger partial charge in [0, 0.05) is 0 Å². The van der Waals surface area contributed by atoms with Crippen LogP contribution in [0.4, 0.5) is 5.69 Å². The highest BCUT2D eigenvalue weighted by Gasteiger charge is 2.29. The number of aryl methyl sites for hydroxylation is 1. The lowest BCUT2D eigenvalue weighted by Gasteiger charge is -2.32. The van der Waals surface area contributed by atoms with Crippen molar-refractivity contribution in [3.8, 4) is 0 Å². The molecule has 1 amide bonds. The van der Waals surface area contributed by atoms with Gasteiger partial charge in [-0.25, -0.2) is 0 Å². The first-order chi connectivity index (χ1) is 9.97. The first kappa shape index (κ1) is 18.7. The van der Waals surface area contributed by atoms with Crippen molar-refractivity contribution >= 4 is 41.6 Å². The average Bonchev–Trinajstić information content (AvgIpc) is 2.42. The Hall–Kier alpha value is -1.30. The van der Waals surface area contributed by atoms with Gasteiger partial charge in [-0.2, -0.15) is 0 Å². The minimum atomic E-state index is -0.865. The highest BCUT2D eigenvalue weighted by Crippen LogP contribution is 2.23. The number of carboxylic acid groups (broad SMARTS) is 1. The molecule has 7 heteroatoms. The molecular formula is C15H20Cl2N2O3. The molecule has 1 aliphatic rings. The lowest BCUT2D eigenvalue weighted by Crippen LogP contribution is -2.47. The van der Waals surface area contributed by atoms with E-state index in [0.29, 0.717) is 23.7 Å². The van der Waals surface area contributed by atoms with Crippen molar-refractivity contribution in [1.29, 1.82) is 0 Å². The Labute approximate surface area is 141 Å². The highest BCUT2D eigenvalue weighted by molar-refractivity contribution is 6.33. The molecule has 1 heterocycles. The predicted octanol–water partition coefficient (Wildman–Crippen LogP) is 2.95. The fraction of sp³-hybridized carbons (Fsp3) is 0.467. The summed E-state index contributed by atoms with van der Waals surface area (Å²) in [5.41, 5.74) is 1.57. The summed E-state index contributed by atoms with van der Waals surface area (Å²) < 4.78 is 0. The molecule has 0 spiro atoms. The van der Waals surface area contributed by atoms with Crippen molar-refractivity contribution < 1.29 is 14.7 Å². The van der Waals surface area contributed by atoms with Gasteiger partial charge in [0.2, 0.25) is 5.91 Å². The minimum Gasteiger partial charge on any atom is -0.480 e.